The normalized spacial score (nSPS) is 14.8. The molecule has 11 nitrogen and oxygen atoms in total. The molecule has 0 unspecified atom stereocenters. The minimum atomic E-state index is -0.459. The van der Waals surface area contributed by atoms with Crippen molar-refractivity contribution in [3.05, 3.63) is 47.8 Å². The van der Waals surface area contributed by atoms with Crippen molar-refractivity contribution >= 4 is 39.6 Å². The van der Waals surface area contributed by atoms with E-state index in [0.717, 1.165) is 23.8 Å². The molecule has 1 atom stereocenters. The van der Waals surface area contributed by atoms with Gasteiger partial charge >= 0.3 is 0 Å². The first-order valence-electron chi connectivity index (χ1n) is 12.2. The first kappa shape index (κ1) is 23.9. The molecule has 0 radical (unpaired) electrons. The second kappa shape index (κ2) is 10.0. The van der Waals surface area contributed by atoms with Crippen LogP contribution in [-0.4, -0.2) is 77.6 Å². The minimum absolute atomic E-state index is 0.0358. The number of nitrogens with zero attached hydrogens (tertiary/aromatic N) is 6. The molecule has 0 spiro atoms. The highest BCUT2D eigenvalue weighted by molar-refractivity contribution is 6.07. The van der Waals surface area contributed by atoms with Gasteiger partial charge in [0.25, 0.3) is 5.91 Å². The molecule has 11 heteroatoms. The van der Waals surface area contributed by atoms with Gasteiger partial charge < -0.3 is 26.2 Å². The van der Waals surface area contributed by atoms with Crippen LogP contribution >= 0.6 is 0 Å². The molecule has 36 heavy (non-hydrogen) atoms. The quantitative estimate of drug-likeness (QED) is 0.275. The van der Waals surface area contributed by atoms with Crippen LogP contribution in [0.3, 0.4) is 0 Å². The van der Waals surface area contributed by atoms with Crippen LogP contribution in [0.25, 0.3) is 21.9 Å². The monoisotopic (exact) mass is 490 g/mol. The van der Waals surface area contributed by atoms with Crippen LogP contribution in [0.1, 0.15) is 42.1 Å². The van der Waals surface area contributed by atoms with Crippen molar-refractivity contribution in [1.29, 1.82) is 0 Å². The van der Waals surface area contributed by atoms with E-state index in [2.05, 4.69) is 32.3 Å². The number of fused-ring (bicyclic) bond motifs is 2. The number of hydrogen-bond acceptors (Lipinski definition) is 9. The molecule has 0 aliphatic carbocycles. The zero-order valence-electron chi connectivity index (χ0n) is 20.1. The van der Waals surface area contributed by atoms with Crippen LogP contribution in [0.4, 0.5) is 11.8 Å². The van der Waals surface area contributed by atoms with Gasteiger partial charge in [0.05, 0.1) is 24.4 Å². The van der Waals surface area contributed by atoms with Gasteiger partial charge in [-0.25, -0.2) is 4.98 Å². The summed E-state index contributed by atoms with van der Waals surface area (Å²) < 4.78 is 1.80. The Hall–Kier alpha value is -3.83. The van der Waals surface area contributed by atoms with Gasteiger partial charge in [0.1, 0.15) is 11.0 Å². The van der Waals surface area contributed by atoms with E-state index in [1.54, 1.807) is 22.0 Å². The van der Waals surface area contributed by atoms with E-state index in [1.807, 2.05) is 24.3 Å². The first-order valence-corrected chi connectivity index (χ1v) is 12.2. The number of likely N-dealkylation sites (tertiary alicyclic amines) is 1. The van der Waals surface area contributed by atoms with Crippen LogP contribution in [-0.2, 0) is 6.54 Å². The molecule has 1 amide bonds. The van der Waals surface area contributed by atoms with Crippen LogP contribution in [0.5, 0.6) is 0 Å². The van der Waals surface area contributed by atoms with E-state index in [4.69, 9.17) is 5.73 Å². The number of carbonyl (C=O) groups is 1. The molecule has 5 N–H and O–H groups in total. The number of nitrogens with one attached hydrogen (secondary N) is 1. The fraction of sp³-hybridized carbons (Fsp3) is 0.400. The third-order valence-corrected chi connectivity index (χ3v) is 6.51. The van der Waals surface area contributed by atoms with Gasteiger partial charge in [0.2, 0.25) is 5.95 Å². The van der Waals surface area contributed by atoms with Crippen molar-refractivity contribution in [2.24, 2.45) is 0 Å². The number of carbonyl (C=O) groups excluding carboxylic acids is 1. The van der Waals surface area contributed by atoms with Gasteiger partial charge in [-0.2, -0.15) is 10.1 Å². The maximum Gasteiger partial charge on any atom is 0.254 e. The maximum atomic E-state index is 13.0. The third-order valence-electron chi connectivity index (χ3n) is 6.51. The summed E-state index contributed by atoms with van der Waals surface area (Å²) in [4.78, 5) is 28.0. The molecular weight excluding hydrogens is 460 g/mol. The Morgan fingerprint density at radius 3 is 2.83 bits per heavy atom. The van der Waals surface area contributed by atoms with Gasteiger partial charge in [-0.05, 0) is 30.5 Å². The number of aromatic nitrogens is 5. The average molecular weight is 491 g/mol. The van der Waals surface area contributed by atoms with Gasteiger partial charge in [-0.3, -0.25) is 14.5 Å². The Kier molecular flexibility index (Phi) is 6.66. The fourth-order valence-electron chi connectivity index (χ4n) is 4.72. The number of nitrogen functional groups attached to an aromatic ring is 1. The van der Waals surface area contributed by atoms with E-state index < -0.39 is 6.10 Å². The number of amides is 1. The van der Waals surface area contributed by atoms with Gasteiger partial charge in [-0.1, -0.05) is 25.5 Å². The molecule has 1 fully saturated rings. The van der Waals surface area contributed by atoms with E-state index in [-0.39, 0.29) is 24.5 Å². The number of β-amino-alcohol motifs (C(OH)–C–C–N with tert-alkyl or cyclic N) is 1. The standard InChI is InChI=1S/C25H30N8O3/c1-2-4-16(8-10-34)29-23-22-20(30-25(26)31-23)11-28-33(22)12-15-6-7-19(18-5-3-9-27-21(15)18)24(36)32-13-17(35)14-32/h3,5-7,9,11,16-17,34-35H,2,4,8,10,12-14H2,1H3,(H3,26,29,30,31)/t16-/m0/s1. The van der Waals surface area contributed by atoms with E-state index in [1.165, 1.54) is 0 Å². The molecule has 0 bridgehead atoms. The van der Waals surface area contributed by atoms with Crippen molar-refractivity contribution in [2.45, 2.75) is 44.9 Å². The molecule has 5 rings (SSSR count). The number of hydrogen-bond donors (Lipinski definition) is 4. The second-order valence-corrected chi connectivity index (χ2v) is 9.14. The Bertz CT molecular complexity index is 1390. The molecule has 4 aromatic rings. The molecule has 188 valence electrons. The predicted octanol–water partition coefficient (Wildman–Crippen LogP) is 1.78. The minimum Gasteiger partial charge on any atom is -0.396 e. The smallest absolute Gasteiger partial charge is 0.254 e. The first-order chi connectivity index (χ1) is 17.5. The van der Waals surface area contributed by atoms with E-state index >= 15 is 0 Å². The number of rotatable bonds is 9. The molecule has 4 heterocycles. The van der Waals surface area contributed by atoms with Crippen LogP contribution in [0, 0.1) is 0 Å². The van der Waals surface area contributed by atoms with Gasteiger partial charge in [0, 0.05) is 42.9 Å². The number of anilines is 2. The summed E-state index contributed by atoms with van der Waals surface area (Å²) in [5, 5.41) is 27.8. The highest BCUT2D eigenvalue weighted by atomic mass is 16.3. The average Bonchev–Trinajstić information content (AvgIpc) is 3.24. The highest BCUT2D eigenvalue weighted by Crippen LogP contribution is 2.28. The van der Waals surface area contributed by atoms with Crippen molar-refractivity contribution in [3.63, 3.8) is 0 Å². The number of aliphatic hydroxyl groups is 2. The maximum absolute atomic E-state index is 13.0. The Labute approximate surface area is 208 Å². The lowest BCUT2D eigenvalue weighted by molar-refractivity contribution is 0.00603. The fourth-order valence-corrected chi connectivity index (χ4v) is 4.72. The zero-order valence-corrected chi connectivity index (χ0v) is 20.1. The van der Waals surface area contributed by atoms with E-state index in [9.17, 15) is 15.0 Å². The number of aliphatic hydroxyl groups excluding tert-OH is 2. The highest BCUT2D eigenvalue weighted by Gasteiger charge is 2.30. The second-order valence-electron chi connectivity index (χ2n) is 9.14. The number of pyridine rings is 1. The van der Waals surface area contributed by atoms with Gasteiger partial charge in [0.15, 0.2) is 5.82 Å². The van der Waals surface area contributed by atoms with Crippen molar-refractivity contribution in [3.8, 4) is 0 Å². The Morgan fingerprint density at radius 1 is 1.25 bits per heavy atom. The lowest BCUT2D eigenvalue weighted by atomic mass is 10.0. The predicted molar refractivity (Wildman–Crippen MR) is 137 cm³/mol. The van der Waals surface area contributed by atoms with Crippen LogP contribution < -0.4 is 11.1 Å². The summed E-state index contributed by atoms with van der Waals surface area (Å²) in [6.45, 7) is 3.23. The Morgan fingerprint density at radius 2 is 2.08 bits per heavy atom. The third kappa shape index (κ3) is 4.54. The summed E-state index contributed by atoms with van der Waals surface area (Å²) in [6.07, 6.45) is 5.32. The van der Waals surface area contributed by atoms with Crippen molar-refractivity contribution in [1.82, 2.24) is 29.6 Å². The Balaban J connectivity index is 1.52. The molecule has 1 saturated heterocycles. The van der Waals surface area contributed by atoms with Gasteiger partial charge in [-0.15, -0.1) is 0 Å². The zero-order chi connectivity index (χ0) is 25.2. The lowest BCUT2D eigenvalue weighted by Gasteiger charge is -2.36. The van der Waals surface area contributed by atoms with Crippen molar-refractivity contribution < 1.29 is 15.0 Å². The molecule has 1 aromatic carbocycles. The molecule has 0 saturated carbocycles. The van der Waals surface area contributed by atoms with Crippen LogP contribution in [0.15, 0.2) is 36.7 Å². The lowest BCUT2D eigenvalue weighted by Crippen LogP contribution is -2.53. The number of nitrogens with two attached hydrogens (primary N) is 1. The summed E-state index contributed by atoms with van der Waals surface area (Å²) >= 11 is 0. The molecule has 3 aromatic heterocycles. The summed E-state index contributed by atoms with van der Waals surface area (Å²) in [7, 11) is 0. The molecule has 1 aliphatic rings. The number of benzene rings is 1. The largest absolute Gasteiger partial charge is 0.396 e. The summed E-state index contributed by atoms with van der Waals surface area (Å²) in [6, 6.07) is 7.43. The van der Waals surface area contributed by atoms with Crippen molar-refractivity contribution in [2.75, 3.05) is 30.7 Å². The summed E-state index contributed by atoms with van der Waals surface area (Å²) in [5.41, 5.74) is 9.45. The van der Waals surface area contributed by atoms with E-state index in [0.29, 0.717) is 54.0 Å². The molecular formula is C25H30N8O3. The topological polar surface area (TPSA) is 155 Å². The SMILES string of the molecule is CCC[C@@H](CCO)Nc1nc(N)nc2cnn(Cc3ccc(C(=O)N4CC(O)C4)c4cccnc34)c12. The summed E-state index contributed by atoms with van der Waals surface area (Å²) in [5.74, 6) is 0.604. The van der Waals surface area contributed by atoms with Crippen LogP contribution in [0.2, 0.25) is 0 Å². The molecule has 1 aliphatic heterocycles.